The minimum Gasteiger partial charge on any atom is -0.350 e. The maximum atomic E-state index is 8.81. The van der Waals surface area contributed by atoms with Crippen LogP contribution in [-0.4, -0.2) is 28.9 Å². The van der Waals surface area contributed by atoms with Gasteiger partial charge in [-0.3, -0.25) is 0 Å². The third-order valence-electron chi connectivity index (χ3n) is 3.55. The van der Waals surface area contributed by atoms with E-state index in [1.807, 2.05) is 7.05 Å². The Hall–Kier alpha value is -0.820. The second kappa shape index (κ2) is 10.0. The zero-order chi connectivity index (χ0) is 13.9. The topological polar surface area (TPSA) is 30.3 Å². The summed E-state index contributed by atoms with van der Waals surface area (Å²) in [6, 6.07) is 0. The van der Waals surface area contributed by atoms with E-state index >= 15 is 0 Å². The lowest BCUT2D eigenvalue weighted by Gasteiger charge is -2.27. The van der Waals surface area contributed by atoms with E-state index < -0.39 is 0 Å². The standard InChI is InChI=1S/C15H27N3S/c1-3-4-5-6-7-8-9-10-11-18-13-12-17(2)15(18)19-14-16/h12-13,15H,3-11H2,1-2H3. The number of hydrogen-bond donors (Lipinski definition) is 0. The Morgan fingerprint density at radius 2 is 1.68 bits per heavy atom. The summed E-state index contributed by atoms with van der Waals surface area (Å²) in [5, 5.41) is 11.0. The molecular weight excluding hydrogens is 254 g/mol. The monoisotopic (exact) mass is 281 g/mol. The summed E-state index contributed by atoms with van der Waals surface area (Å²) in [6.07, 6.45) is 14.9. The third-order valence-corrected chi connectivity index (χ3v) is 4.47. The summed E-state index contributed by atoms with van der Waals surface area (Å²) < 4.78 is 0. The van der Waals surface area contributed by atoms with Gasteiger partial charge in [0.1, 0.15) is 5.40 Å². The highest BCUT2D eigenvalue weighted by molar-refractivity contribution is 8.04. The van der Waals surface area contributed by atoms with Crippen molar-refractivity contribution in [3.05, 3.63) is 12.4 Å². The van der Waals surface area contributed by atoms with Gasteiger partial charge in [-0.05, 0) is 6.42 Å². The van der Waals surface area contributed by atoms with Crippen LogP contribution in [-0.2, 0) is 0 Å². The van der Waals surface area contributed by atoms with Gasteiger partial charge in [-0.2, -0.15) is 5.26 Å². The number of hydrogen-bond acceptors (Lipinski definition) is 4. The summed E-state index contributed by atoms with van der Waals surface area (Å²) in [5.41, 5.74) is 0.176. The Labute approximate surface area is 122 Å². The van der Waals surface area contributed by atoms with Crippen LogP contribution in [0.4, 0.5) is 0 Å². The molecule has 0 spiro atoms. The number of unbranched alkanes of at least 4 members (excludes halogenated alkanes) is 7. The Kier molecular flexibility index (Phi) is 8.57. The molecule has 0 fully saturated rings. The fraction of sp³-hybridized carbons (Fsp3) is 0.800. The molecule has 1 unspecified atom stereocenters. The summed E-state index contributed by atoms with van der Waals surface area (Å²) >= 11 is 1.33. The molecule has 0 aromatic carbocycles. The van der Waals surface area contributed by atoms with Crippen molar-refractivity contribution in [3.63, 3.8) is 0 Å². The van der Waals surface area contributed by atoms with Crippen LogP contribution in [0.1, 0.15) is 58.3 Å². The molecule has 3 nitrogen and oxygen atoms in total. The number of thiocyanates is 1. The highest BCUT2D eigenvalue weighted by Crippen LogP contribution is 2.24. The summed E-state index contributed by atoms with van der Waals surface area (Å²) in [4.78, 5) is 4.36. The molecule has 0 saturated heterocycles. The van der Waals surface area contributed by atoms with Crippen LogP contribution < -0.4 is 0 Å². The molecule has 1 aliphatic heterocycles. The molecule has 0 saturated carbocycles. The molecule has 0 N–H and O–H groups in total. The molecular formula is C15H27N3S. The number of thioether (sulfide) groups is 1. The van der Waals surface area contributed by atoms with E-state index in [1.165, 1.54) is 63.1 Å². The lowest BCUT2D eigenvalue weighted by molar-refractivity contribution is 0.258. The van der Waals surface area contributed by atoms with Crippen molar-refractivity contribution in [1.82, 2.24) is 9.80 Å². The molecule has 1 atom stereocenters. The number of nitrogens with zero attached hydrogens (tertiary/aromatic N) is 3. The second-order valence-corrected chi connectivity index (χ2v) is 6.05. The lowest BCUT2D eigenvalue weighted by Crippen LogP contribution is -2.33. The minimum absolute atomic E-state index is 0.176. The highest BCUT2D eigenvalue weighted by atomic mass is 32.2. The van der Waals surface area contributed by atoms with Gasteiger partial charge >= 0.3 is 0 Å². The Bertz CT molecular complexity index is 298. The van der Waals surface area contributed by atoms with E-state index in [0.29, 0.717) is 0 Å². The molecule has 0 aliphatic carbocycles. The van der Waals surface area contributed by atoms with E-state index in [4.69, 9.17) is 5.26 Å². The molecule has 108 valence electrons. The largest absolute Gasteiger partial charge is 0.350 e. The van der Waals surface area contributed by atoms with Crippen LogP contribution in [0.25, 0.3) is 0 Å². The highest BCUT2D eigenvalue weighted by Gasteiger charge is 2.23. The first-order valence-corrected chi connectivity index (χ1v) is 8.38. The first kappa shape index (κ1) is 16.2. The first-order chi connectivity index (χ1) is 9.29. The van der Waals surface area contributed by atoms with Gasteiger partial charge in [-0.15, -0.1) is 0 Å². The normalized spacial score (nSPS) is 18.1. The molecule has 19 heavy (non-hydrogen) atoms. The van der Waals surface area contributed by atoms with Gasteiger partial charge in [0.2, 0.25) is 0 Å². The second-order valence-electron chi connectivity index (χ2n) is 5.21. The van der Waals surface area contributed by atoms with E-state index in [0.717, 1.165) is 6.54 Å². The van der Waals surface area contributed by atoms with Crippen LogP contribution in [0, 0.1) is 10.7 Å². The maximum absolute atomic E-state index is 8.81. The molecule has 0 aromatic rings. The van der Waals surface area contributed by atoms with Gasteiger partial charge in [-0.1, -0.05) is 51.9 Å². The van der Waals surface area contributed by atoms with E-state index in [2.05, 4.69) is 34.5 Å². The van der Waals surface area contributed by atoms with Gasteiger partial charge in [0, 0.05) is 37.8 Å². The molecule has 1 aliphatic rings. The Morgan fingerprint density at radius 3 is 2.32 bits per heavy atom. The van der Waals surface area contributed by atoms with Crippen molar-refractivity contribution in [2.24, 2.45) is 0 Å². The van der Waals surface area contributed by atoms with E-state index in [-0.39, 0.29) is 5.50 Å². The van der Waals surface area contributed by atoms with Crippen molar-refractivity contribution < 1.29 is 0 Å². The van der Waals surface area contributed by atoms with Crippen molar-refractivity contribution in [3.8, 4) is 5.40 Å². The van der Waals surface area contributed by atoms with Crippen LogP contribution in [0.3, 0.4) is 0 Å². The van der Waals surface area contributed by atoms with Gasteiger partial charge in [0.15, 0.2) is 5.50 Å². The maximum Gasteiger partial charge on any atom is 0.163 e. The van der Waals surface area contributed by atoms with Gasteiger partial charge in [0.05, 0.1) is 0 Å². The number of rotatable bonds is 10. The molecule has 0 radical (unpaired) electrons. The van der Waals surface area contributed by atoms with Crippen LogP contribution >= 0.6 is 11.8 Å². The molecule has 1 rings (SSSR count). The quantitative estimate of drug-likeness (QED) is 0.440. The summed E-state index contributed by atoms with van der Waals surface area (Å²) in [5.74, 6) is 0. The van der Waals surface area contributed by atoms with Crippen molar-refractivity contribution >= 4 is 11.8 Å². The predicted molar refractivity (Wildman–Crippen MR) is 83.2 cm³/mol. The summed E-state index contributed by atoms with van der Waals surface area (Å²) in [6.45, 7) is 3.32. The fourth-order valence-electron chi connectivity index (χ4n) is 2.38. The van der Waals surface area contributed by atoms with Crippen LogP contribution in [0.15, 0.2) is 12.4 Å². The van der Waals surface area contributed by atoms with Crippen molar-refractivity contribution in [1.29, 1.82) is 5.26 Å². The first-order valence-electron chi connectivity index (χ1n) is 7.50. The predicted octanol–water partition coefficient (Wildman–Crippen LogP) is 4.34. The fourth-order valence-corrected chi connectivity index (χ4v) is 3.03. The zero-order valence-electron chi connectivity index (χ0n) is 12.3. The smallest absolute Gasteiger partial charge is 0.163 e. The molecule has 0 amide bonds. The van der Waals surface area contributed by atoms with E-state index in [1.54, 1.807) is 0 Å². The molecule has 0 bridgehead atoms. The zero-order valence-corrected chi connectivity index (χ0v) is 13.2. The lowest BCUT2D eigenvalue weighted by atomic mass is 10.1. The van der Waals surface area contributed by atoms with Crippen molar-refractivity contribution in [2.45, 2.75) is 63.8 Å². The van der Waals surface area contributed by atoms with Gasteiger partial charge < -0.3 is 9.80 Å². The van der Waals surface area contributed by atoms with E-state index in [9.17, 15) is 0 Å². The summed E-state index contributed by atoms with van der Waals surface area (Å²) in [7, 11) is 2.03. The Balaban J connectivity index is 2.03. The van der Waals surface area contributed by atoms with Gasteiger partial charge in [0.25, 0.3) is 0 Å². The average molecular weight is 281 g/mol. The molecule has 0 aromatic heterocycles. The van der Waals surface area contributed by atoms with Gasteiger partial charge in [-0.25, -0.2) is 0 Å². The Morgan fingerprint density at radius 1 is 1.05 bits per heavy atom. The van der Waals surface area contributed by atoms with Crippen LogP contribution in [0.2, 0.25) is 0 Å². The third kappa shape index (κ3) is 6.24. The number of nitriles is 1. The average Bonchev–Trinajstić information content (AvgIpc) is 2.75. The molecule has 4 heteroatoms. The van der Waals surface area contributed by atoms with Crippen LogP contribution in [0.5, 0.6) is 0 Å². The molecule has 1 heterocycles. The minimum atomic E-state index is 0.176. The van der Waals surface area contributed by atoms with Crippen molar-refractivity contribution in [2.75, 3.05) is 13.6 Å². The SMILES string of the molecule is CCCCCCCCCCN1C=CN(C)C1SC#N.